The average Bonchev–Trinajstić information content (AvgIpc) is 2.92. The highest BCUT2D eigenvalue weighted by Crippen LogP contribution is 2.15. The van der Waals surface area contributed by atoms with Crippen molar-refractivity contribution >= 4 is 0 Å². The fourth-order valence-corrected chi connectivity index (χ4v) is 1.90. The zero-order valence-corrected chi connectivity index (χ0v) is 11.3. The third-order valence-corrected chi connectivity index (χ3v) is 3.10. The van der Waals surface area contributed by atoms with E-state index in [2.05, 4.69) is 24.0 Å². The topological polar surface area (TPSA) is 53.1 Å². The molecule has 0 amide bonds. The van der Waals surface area contributed by atoms with E-state index in [0.29, 0.717) is 6.61 Å². The Morgan fingerprint density at radius 1 is 1.42 bits per heavy atom. The molecule has 4 nitrogen and oxygen atoms in total. The minimum Gasteiger partial charge on any atom is -0.492 e. The van der Waals surface area contributed by atoms with Crippen molar-refractivity contribution in [1.29, 1.82) is 0 Å². The van der Waals surface area contributed by atoms with Crippen LogP contribution in [0.5, 0.6) is 5.75 Å². The summed E-state index contributed by atoms with van der Waals surface area (Å²) >= 11 is 0. The Labute approximate surface area is 114 Å². The Balaban J connectivity index is 1.84. The lowest BCUT2D eigenvalue weighted by Gasteiger charge is -2.11. The van der Waals surface area contributed by atoms with Crippen LogP contribution in [0.15, 0.2) is 43.0 Å². The first kappa shape index (κ1) is 13.6. The van der Waals surface area contributed by atoms with Gasteiger partial charge in [-0.05, 0) is 30.5 Å². The van der Waals surface area contributed by atoms with Gasteiger partial charge in [-0.2, -0.15) is 0 Å². The Hall–Kier alpha value is -1.81. The largest absolute Gasteiger partial charge is 0.492 e. The molecule has 0 spiro atoms. The number of ether oxygens (including phenoxy) is 1. The molecule has 1 atom stereocenters. The van der Waals surface area contributed by atoms with Gasteiger partial charge in [0.15, 0.2) is 0 Å². The van der Waals surface area contributed by atoms with Crippen molar-refractivity contribution in [2.24, 2.45) is 5.73 Å². The molecular weight excluding hydrogens is 238 g/mol. The molecule has 2 N–H and O–H groups in total. The van der Waals surface area contributed by atoms with E-state index in [-0.39, 0.29) is 6.04 Å². The van der Waals surface area contributed by atoms with Gasteiger partial charge in [0.2, 0.25) is 0 Å². The van der Waals surface area contributed by atoms with Crippen LogP contribution in [-0.4, -0.2) is 22.2 Å². The van der Waals surface area contributed by atoms with Crippen LogP contribution < -0.4 is 10.5 Å². The third-order valence-electron chi connectivity index (χ3n) is 3.10. The van der Waals surface area contributed by atoms with Crippen LogP contribution >= 0.6 is 0 Å². The first-order valence-corrected chi connectivity index (χ1v) is 6.71. The van der Waals surface area contributed by atoms with E-state index in [1.165, 1.54) is 5.56 Å². The molecule has 2 rings (SSSR count). The molecule has 0 aliphatic carbocycles. The van der Waals surface area contributed by atoms with Crippen molar-refractivity contribution in [2.45, 2.75) is 32.4 Å². The van der Waals surface area contributed by atoms with Crippen LogP contribution in [0.3, 0.4) is 0 Å². The lowest BCUT2D eigenvalue weighted by Crippen LogP contribution is -2.21. The minimum absolute atomic E-state index is 0.223. The van der Waals surface area contributed by atoms with Gasteiger partial charge in [-0.25, -0.2) is 4.98 Å². The first-order valence-electron chi connectivity index (χ1n) is 6.71. The first-order chi connectivity index (χ1) is 9.28. The Bertz CT molecular complexity index is 482. The molecule has 1 heterocycles. The summed E-state index contributed by atoms with van der Waals surface area (Å²) in [5.74, 6) is 0.904. The molecule has 0 saturated carbocycles. The van der Waals surface area contributed by atoms with E-state index in [0.717, 1.165) is 25.1 Å². The normalized spacial score (nSPS) is 12.3. The van der Waals surface area contributed by atoms with Crippen molar-refractivity contribution in [3.8, 4) is 5.75 Å². The highest BCUT2D eigenvalue weighted by molar-refractivity contribution is 5.29. The van der Waals surface area contributed by atoms with Gasteiger partial charge in [0, 0.05) is 18.4 Å². The number of benzene rings is 1. The lowest BCUT2D eigenvalue weighted by molar-refractivity contribution is 0.298. The van der Waals surface area contributed by atoms with Gasteiger partial charge in [-0.1, -0.05) is 19.1 Å². The molecule has 0 saturated heterocycles. The molecule has 2 aromatic rings. The van der Waals surface area contributed by atoms with Gasteiger partial charge in [0.25, 0.3) is 0 Å². The number of hydrogen-bond acceptors (Lipinski definition) is 3. The summed E-state index contributed by atoms with van der Waals surface area (Å²) in [5, 5.41) is 0. The van der Waals surface area contributed by atoms with Gasteiger partial charge in [-0.15, -0.1) is 0 Å². The summed E-state index contributed by atoms with van der Waals surface area (Å²) in [6.07, 6.45) is 7.38. The molecule has 102 valence electrons. The summed E-state index contributed by atoms with van der Waals surface area (Å²) in [7, 11) is 0. The molecular formula is C15H21N3O. The second kappa shape index (κ2) is 6.95. The third kappa shape index (κ3) is 4.41. The maximum Gasteiger partial charge on any atom is 0.119 e. The molecule has 0 radical (unpaired) electrons. The Morgan fingerprint density at radius 3 is 3.05 bits per heavy atom. The van der Waals surface area contributed by atoms with Gasteiger partial charge < -0.3 is 15.0 Å². The highest BCUT2D eigenvalue weighted by atomic mass is 16.5. The van der Waals surface area contributed by atoms with Crippen LogP contribution in [0.4, 0.5) is 0 Å². The van der Waals surface area contributed by atoms with E-state index in [4.69, 9.17) is 10.5 Å². The van der Waals surface area contributed by atoms with E-state index >= 15 is 0 Å². The second-order valence-electron chi connectivity index (χ2n) is 4.67. The molecule has 19 heavy (non-hydrogen) atoms. The fraction of sp³-hybridized carbons (Fsp3) is 0.400. The quantitative estimate of drug-likeness (QED) is 0.829. The second-order valence-corrected chi connectivity index (χ2v) is 4.67. The minimum atomic E-state index is 0.223. The molecule has 0 fully saturated rings. The van der Waals surface area contributed by atoms with E-state index in [1.807, 2.05) is 22.9 Å². The van der Waals surface area contributed by atoms with Crippen molar-refractivity contribution in [2.75, 3.05) is 6.61 Å². The van der Waals surface area contributed by atoms with E-state index in [1.54, 1.807) is 12.5 Å². The van der Waals surface area contributed by atoms with Crippen LogP contribution in [-0.2, 0) is 13.0 Å². The maximum absolute atomic E-state index is 5.97. The summed E-state index contributed by atoms with van der Waals surface area (Å²) < 4.78 is 7.74. The summed E-state index contributed by atoms with van der Waals surface area (Å²) in [5.41, 5.74) is 7.20. The van der Waals surface area contributed by atoms with Crippen molar-refractivity contribution in [3.05, 3.63) is 48.5 Å². The monoisotopic (exact) mass is 259 g/mol. The number of rotatable bonds is 7. The molecule has 0 aliphatic heterocycles. The molecule has 1 aromatic carbocycles. The van der Waals surface area contributed by atoms with Gasteiger partial charge in [0.1, 0.15) is 12.4 Å². The predicted molar refractivity (Wildman–Crippen MR) is 76.1 cm³/mol. The van der Waals surface area contributed by atoms with Crippen molar-refractivity contribution in [1.82, 2.24) is 9.55 Å². The molecule has 4 heteroatoms. The zero-order valence-electron chi connectivity index (χ0n) is 11.3. The average molecular weight is 259 g/mol. The van der Waals surface area contributed by atoms with Gasteiger partial charge in [0.05, 0.1) is 12.9 Å². The standard InChI is InChI=1S/C15H21N3O/c1-2-14(16)10-13-4-3-5-15(11-13)19-9-8-18-7-6-17-12-18/h3-7,11-12,14H,2,8-10,16H2,1H3. The summed E-state index contributed by atoms with van der Waals surface area (Å²) in [6, 6.07) is 8.39. The summed E-state index contributed by atoms with van der Waals surface area (Å²) in [4.78, 5) is 4.00. The smallest absolute Gasteiger partial charge is 0.119 e. The molecule has 0 aliphatic rings. The van der Waals surface area contributed by atoms with Crippen molar-refractivity contribution in [3.63, 3.8) is 0 Å². The number of hydrogen-bond donors (Lipinski definition) is 1. The number of nitrogens with two attached hydrogens (primary N) is 1. The lowest BCUT2D eigenvalue weighted by atomic mass is 10.0. The highest BCUT2D eigenvalue weighted by Gasteiger charge is 2.02. The fourth-order valence-electron chi connectivity index (χ4n) is 1.90. The summed E-state index contributed by atoms with van der Waals surface area (Å²) in [6.45, 7) is 3.55. The van der Waals surface area contributed by atoms with Crippen LogP contribution in [0.1, 0.15) is 18.9 Å². The number of nitrogens with zero attached hydrogens (tertiary/aromatic N) is 2. The van der Waals surface area contributed by atoms with Crippen LogP contribution in [0.25, 0.3) is 0 Å². The van der Waals surface area contributed by atoms with E-state index in [9.17, 15) is 0 Å². The molecule has 0 bridgehead atoms. The van der Waals surface area contributed by atoms with Crippen LogP contribution in [0.2, 0.25) is 0 Å². The maximum atomic E-state index is 5.97. The van der Waals surface area contributed by atoms with Gasteiger partial charge in [-0.3, -0.25) is 0 Å². The SMILES string of the molecule is CCC(N)Cc1cccc(OCCn2ccnc2)c1. The predicted octanol–water partition coefficient (Wildman–Crippen LogP) is 2.24. The van der Waals surface area contributed by atoms with Crippen molar-refractivity contribution < 1.29 is 4.74 Å². The molecule has 1 unspecified atom stereocenters. The Morgan fingerprint density at radius 2 is 2.32 bits per heavy atom. The number of imidazole rings is 1. The van der Waals surface area contributed by atoms with Gasteiger partial charge >= 0.3 is 0 Å². The zero-order chi connectivity index (χ0) is 13.5. The van der Waals surface area contributed by atoms with E-state index < -0.39 is 0 Å². The number of aromatic nitrogens is 2. The molecule has 1 aromatic heterocycles. The Kier molecular flexibility index (Phi) is 4.98. The van der Waals surface area contributed by atoms with Crippen LogP contribution in [0, 0.1) is 0 Å².